The number of oxazole rings is 1. The lowest BCUT2D eigenvalue weighted by molar-refractivity contribution is -0.131. The fraction of sp³-hybridized carbons (Fsp3) is 0.273. The van der Waals surface area contributed by atoms with Gasteiger partial charge in [0.25, 0.3) is 0 Å². The Morgan fingerprint density at radius 1 is 1.15 bits per heavy atom. The lowest BCUT2D eigenvalue weighted by Crippen LogP contribution is -2.37. The first-order valence-corrected chi connectivity index (χ1v) is 9.10. The molecule has 0 spiro atoms. The Kier molecular flexibility index (Phi) is 4.67. The minimum atomic E-state index is 0.0764. The Bertz CT molecular complexity index is 977. The zero-order valence-corrected chi connectivity index (χ0v) is 15.6. The van der Waals surface area contributed by atoms with Crippen LogP contribution in [0.5, 0.6) is 5.75 Å². The average molecular weight is 362 g/mol. The van der Waals surface area contributed by atoms with Gasteiger partial charge in [0.2, 0.25) is 11.8 Å². The highest BCUT2D eigenvalue weighted by Crippen LogP contribution is 2.30. The molecule has 138 valence electrons. The Labute approximate surface area is 158 Å². The molecule has 1 aliphatic rings. The summed E-state index contributed by atoms with van der Waals surface area (Å²) in [6.07, 6.45) is 1.14. The van der Waals surface area contributed by atoms with E-state index in [2.05, 4.69) is 23.2 Å². The van der Waals surface area contributed by atoms with Gasteiger partial charge in [0.15, 0.2) is 0 Å². The van der Waals surface area contributed by atoms with Crippen molar-refractivity contribution in [3.63, 3.8) is 0 Å². The number of benzene rings is 2. The number of rotatable bonds is 4. The summed E-state index contributed by atoms with van der Waals surface area (Å²) in [6, 6.07) is 15.9. The summed E-state index contributed by atoms with van der Waals surface area (Å²) in [5.41, 5.74) is 4.02. The van der Waals surface area contributed by atoms with Crippen LogP contribution in [0.1, 0.15) is 22.6 Å². The summed E-state index contributed by atoms with van der Waals surface area (Å²) in [6.45, 7) is 3.25. The van der Waals surface area contributed by atoms with E-state index in [-0.39, 0.29) is 12.3 Å². The van der Waals surface area contributed by atoms with Crippen molar-refractivity contribution >= 4 is 5.91 Å². The monoisotopic (exact) mass is 362 g/mol. The first-order chi connectivity index (χ1) is 13.2. The Balaban J connectivity index is 1.52. The lowest BCUT2D eigenvalue weighted by atomic mass is 9.99. The summed E-state index contributed by atoms with van der Waals surface area (Å²) in [4.78, 5) is 19.3. The highest BCUT2D eigenvalue weighted by molar-refractivity contribution is 5.79. The number of amides is 1. The molecule has 2 heterocycles. The van der Waals surface area contributed by atoms with Crippen LogP contribution >= 0.6 is 0 Å². The van der Waals surface area contributed by atoms with Crippen LogP contribution in [0.2, 0.25) is 0 Å². The minimum Gasteiger partial charge on any atom is -0.496 e. The standard InChI is InChI=1S/C22H22N2O3/c1-15-19(23-22(27-15)18-9-5-6-10-20(18)26-2)13-21(25)24-12-11-16-7-3-4-8-17(16)14-24/h3-10H,11-14H2,1-2H3. The zero-order valence-electron chi connectivity index (χ0n) is 15.6. The van der Waals surface area contributed by atoms with Gasteiger partial charge in [0.1, 0.15) is 11.5 Å². The van der Waals surface area contributed by atoms with Crippen LogP contribution in [0.15, 0.2) is 52.9 Å². The molecule has 3 aromatic rings. The summed E-state index contributed by atoms with van der Waals surface area (Å²) in [5, 5.41) is 0. The molecular formula is C22H22N2O3. The second-order valence-electron chi connectivity index (χ2n) is 6.73. The molecule has 4 rings (SSSR count). The van der Waals surface area contributed by atoms with Crippen molar-refractivity contribution in [1.29, 1.82) is 0 Å². The third-order valence-electron chi connectivity index (χ3n) is 5.03. The molecule has 0 unspecified atom stereocenters. The number of ether oxygens (including phenoxy) is 1. The van der Waals surface area contributed by atoms with Crippen molar-refractivity contribution < 1.29 is 13.9 Å². The molecule has 1 aromatic heterocycles. The molecule has 5 nitrogen and oxygen atoms in total. The van der Waals surface area contributed by atoms with Gasteiger partial charge in [-0.1, -0.05) is 36.4 Å². The molecule has 0 saturated heterocycles. The molecule has 0 bridgehead atoms. The number of carbonyl (C=O) groups is 1. The number of nitrogens with zero attached hydrogens (tertiary/aromatic N) is 2. The van der Waals surface area contributed by atoms with Gasteiger partial charge in [-0.05, 0) is 36.6 Å². The number of methoxy groups -OCH3 is 1. The fourth-order valence-electron chi connectivity index (χ4n) is 3.49. The third-order valence-corrected chi connectivity index (χ3v) is 5.03. The van der Waals surface area contributed by atoms with E-state index in [0.29, 0.717) is 29.6 Å². The maximum atomic E-state index is 12.8. The predicted octanol–water partition coefficient (Wildman–Crippen LogP) is 3.79. The van der Waals surface area contributed by atoms with Crippen LogP contribution < -0.4 is 4.74 Å². The summed E-state index contributed by atoms with van der Waals surface area (Å²) >= 11 is 0. The van der Waals surface area contributed by atoms with Crippen molar-refractivity contribution in [3.05, 3.63) is 71.1 Å². The molecule has 5 heteroatoms. The van der Waals surface area contributed by atoms with Crippen LogP contribution in [-0.4, -0.2) is 29.4 Å². The molecule has 1 amide bonds. The van der Waals surface area contributed by atoms with E-state index in [1.807, 2.05) is 42.2 Å². The normalized spacial score (nSPS) is 13.3. The quantitative estimate of drug-likeness (QED) is 0.709. The molecule has 1 aliphatic heterocycles. The van der Waals surface area contributed by atoms with Gasteiger partial charge in [0, 0.05) is 13.1 Å². The van der Waals surface area contributed by atoms with Gasteiger partial charge < -0.3 is 14.1 Å². The maximum Gasteiger partial charge on any atom is 0.230 e. The Morgan fingerprint density at radius 2 is 1.89 bits per heavy atom. The van der Waals surface area contributed by atoms with E-state index < -0.39 is 0 Å². The lowest BCUT2D eigenvalue weighted by Gasteiger charge is -2.28. The zero-order chi connectivity index (χ0) is 18.8. The molecule has 0 N–H and O–H groups in total. The number of aryl methyl sites for hydroxylation is 1. The van der Waals surface area contributed by atoms with Gasteiger partial charge in [0.05, 0.1) is 24.8 Å². The molecule has 0 saturated carbocycles. The first-order valence-electron chi connectivity index (χ1n) is 9.10. The van der Waals surface area contributed by atoms with Crippen molar-refractivity contribution in [3.8, 4) is 17.2 Å². The van der Waals surface area contributed by atoms with Crippen LogP contribution in [0.4, 0.5) is 0 Å². The van der Waals surface area contributed by atoms with E-state index in [0.717, 1.165) is 18.5 Å². The second kappa shape index (κ2) is 7.27. The number of hydrogen-bond acceptors (Lipinski definition) is 4. The van der Waals surface area contributed by atoms with E-state index in [1.165, 1.54) is 11.1 Å². The van der Waals surface area contributed by atoms with Gasteiger partial charge >= 0.3 is 0 Å². The maximum absolute atomic E-state index is 12.8. The second-order valence-corrected chi connectivity index (χ2v) is 6.73. The van der Waals surface area contributed by atoms with Crippen LogP contribution in [-0.2, 0) is 24.2 Å². The molecule has 27 heavy (non-hydrogen) atoms. The van der Waals surface area contributed by atoms with Crippen molar-refractivity contribution in [2.75, 3.05) is 13.7 Å². The molecule has 0 radical (unpaired) electrons. The van der Waals surface area contributed by atoms with Crippen molar-refractivity contribution in [2.24, 2.45) is 0 Å². The predicted molar refractivity (Wildman–Crippen MR) is 102 cm³/mol. The van der Waals surface area contributed by atoms with E-state index in [1.54, 1.807) is 7.11 Å². The number of aromatic nitrogens is 1. The fourth-order valence-corrected chi connectivity index (χ4v) is 3.49. The van der Waals surface area contributed by atoms with Crippen LogP contribution in [0.3, 0.4) is 0 Å². The highest BCUT2D eigenvalue weighted by atomic mass is 16.5. The summed E-state index contributed by atoms with van der Waals surface area (Å²) in [7, 11) is 1.62. The molecule has 0 atom stereocenters. The SMILES string of the molecule is COc1ccccc1-c1nc(CC(=O)N2CCc3ccccc3C2)c(C)o1. The largest absolute Gasteiger partial charge is 0.496 e. The molecule has 0 fully saturated rings. The molecule has 0 aliphatic carbocycles. The van der Waals surface area contributed by atoms with Crippen LogP contribution in [0.25, 0.3) is 11.5 Å². The smallest absolute Gasteiger partial charge is 0.230 e. The molecule has 2 aromatic carbocycles. The first kappa shape index (κ1) is 17.3. The average Bonchev–Trinajstić information content (AvgIpc) is 3.07. The van der Waals surface area contributed by atoms with Gasteiger partial charge in [-0.2, -0.15) is 0 Å². The van der Waals surface area contributed by atoms with Crippen molar-refractivity contribution in [2.45, 2.75) is 26.3 Å². The van der Waals surface area contributed by atoms with Gasteiger partial charge in [-0.25, -0.2) is 4.98 Å². The summed E-state index contributed by atoms with van der Waals surface area (Å²) in [5.74, 6) is 1.93. The Hall–Kier alpha value is -3.08. The highest BCUT2D eigenvalue weighted by Gasteiger charge is 2.23. The summed E-state index contributed by atoms with van der Waals surface area (Å²) < 4.78 is 11.2. The number of hydrogen-bond donors (Lipinski definition) is 0. The van der Waals surface area contributed by atoms with Crippen LogP contribution in [0, 0.1) is 6.92 Å². The number of fused-ring (bicyclic) bond motifs is 1. The number of carbonyl (C=O) groups excluding carboxylic acids is 1. The van der Waals surface area contributed by atoms with Crippen molar-refractivity contribution in [1.82, 2.24) is 9.88 Å². The van der Waals surface area contributed by atoms with E-state index in [9.17, 15) is 4.79 Å². The topological polar surface area (TPSA) is 55.6 Å². The van der Waals surface area contributed by atoms with Gasteiger partial charge in [-0.3, -0.25) is 4.79 Å². The van der Waals surface area contributed by atoms with E-state index >= 15 is 0 Å². The van der Waals surface area contributed by atoms with Gasteiger partial charge in [-0.15, -0.1) is 0 Å². The molecular weight excluding hydrogens is 340 g/mol. The Morgan fingerprint density at radius 3 is 2.70 bits per heavy atom. The van der Waals surface area contributed by atoms with E-state index in [4.69, 9.17) is 9.15 Å². The number of para-hydroxylation sites is 1. The minimum absolute atomic E-state index is 0.0764. The third kappa shape index (κ3) is 3.45.